The van der Waals surface area contributed by atoms with E-state index in [-0.39, 0.29) is 12.1 Å². The molecule has 0 aliphatic carbocycles. The van der Waals surface area contributed by atoms with Gasteiger partial charge in [-0.15, -0.1) is 0 Å². The molecule has 0 radical (unpaired) electrons. The summed E-state index contributed by atoms with van der Waals surface area (Å²) in [5.74, 6) is -1.36. The monoisotopic (exact) mass is 319 g/mol. The van der Waals surface area contributed by atoms with Crippen molar-refractivity contribution in [3.05, 3.63) is 34.9 Å². The molecule has 0 bridgehead atoms. The number of amides is 1. The Morgan fingerprint density at radius 3 is 2.57 bits per heavy atom. The van der Waals surface area contributed by atoms with Gasteiger partial charge in [0.25, 0.3) is 0 Å². The van der Waals surface area contributed by atoms with E-state index in [1.54, 1.807) is 11.8 Å². The summed E-state index contributed by atoms with van der Waals surface area (Å²) in [6.45, 7) is 9.80. The van der Waals surface area contributed by atoms with Crippen LogP contribution >= 0.6 is 0 Å². The van der Waals surface area contributed by atoms with Crippen LogP contribution in [0.5, 0.6) is 0 Å². The zero-order valence-corrected chi connectivity index (χ0v) is 14.4. The minimum absolute atomic E-state index is 0.0808. The van der Waals surface area contributed by atoms with Crippen molar-refractivity contribution in [3.8, 4) is 0 Å². The quantitative estimate of drug-likeness (QED) is 0.902. The van der Waals surface area contributed by atoms with Crippen molar-refractivity contribution in [1.82, 2.24) is 4.90 Å². The van der Waals surface area contributed by atoms with Crippen LogP contribution in [0.1, 0.15) is 63.3 Å². The summed E-state index contributed by atoms with van der Waals surface area (Å²) >= 11 is 0. The molecule has 2 atom stereocenters. The average molecular weight is 319 g/mol. The predicted octanol–water partition coefficient (Wildman–Crippen LogP) is 3.73. The van der Waals surface area contributed by atoms with Gasteiger partial charge in [-0.1, -0.05) is 18.2 Å². The topological polar surface area (TPSA) is 66.8 Å². The van der Waals surface area contributed by atoms with E-state index in [1.807, 2.05) is 45.9 Å². The minimum Gasteiger partial charge on any atom is -0.481 e. The molecule has 1 aromatic rings. The molecule has 0 saturated carbocycles. The van der Waals surface area contributed by atoms with Gasteiger partial charge in [0.2, 0.25) is 0 Å². The molecule has 0 aromatic heterocycles. The highest BCUT2D eigenvalue weighted by Gasteiger charge is 2.31. The molecular weight excluding hydrogens is 294 g/mol. The van der Waals surface area contributed by atoms with Crippen LogP contribution in [0.25, 0.3) is 0 Å². The van der Waals surface area contributed by atoms with Crippen molar-refractivity contribution >= 4 is 12.1 Å². The summed E-state index contributed by atoms with van der Waals surface area (Å²) in [4.78, 5) is 25.2. The van der Waals surface area contributed by atoms with Crippen molar-refractivity contribution < 1.29 is 19.4 Å². The van der Waals surface area contributed by atoms with E-state index in [1.165, 1.54) is 0 Å². The van der Waals surface area contributed by atoms with Crippen LogP contribution in [0.15, 0.2) is 18.2 Å². The van der Waals surface area contributed by atoms with Gasteiger partial charge in [0.15, 0.2) is 0 Å². The molecule has 0 saturated heterocycles. The van der Waals surface area contributed by atoms with Gasteiger partial charge in [0, 0.05) is 6.54 Å². The fourth-order valence-corrected chi connectivity index (χ4v) is 2.83. The second-order valence-corrected chi connectivity index (χ2v) is 7.12. The third-order valence-corrected chi connectivity index (χ3v) is 4.21. The molecule has 1 N–H and O–H groups in total. The highest BCUT2D eigenvalue weighted by molar-refractivity contribution is 5.75. The summed E-state index contributed by atoms with van der Waals surface area (Å²) in [5, 5.41) is 9.15. The maximum atomic E-state index is 12.3. The van der Waals surface area contributed by atoms with Crippen LogP contribution in [-0.2, 0) is 16.0 Å². The Bertz CT molecular complexity index is 618. The molecule has 0 spiro atoms. The number of hydrogen-bond donors (Lipinski definition) is 1. The largest absolute Gasteiger partial charge is 0.481 e. The van der Waals surface area contributed by atoms with Crippen LogP contribution in [0.2, 0.25) is 0 Å². The van der Waals surface area contributed by atoms with Crippen molar-refractivity contribution in [3.63, 3.8) is 0 Å². The van der Waals surface area contributed by atoms with E-state index < -0.39 is 17.5 Å². The van der Waals surface area contributed by atoms with Gasteiger partial charge in [-0.2, -0.15) is 0 Å². The van der Waals surface area contributed by atoms with Gasteiger partial charge < -0.3 is 14.7 Å². The number of ether oxygens (including phenoxy) is 1. The fraction of sp³-hybridized carbons (Fsp3) is 0.556. The number of aliphatic carboxylic acids is 1. The zero-order chi connectivity index (χ0) is 17.4. The molecule has 2 unspecified atom stereocenters. The fourth-order valence-electron chi connectivity index (χ4n) is 2.83. The number of carboxylic acid groups (broad SMARTS) is 1. The second-order valence-electron chi connectivity index (χ2n) is 7.12. The number of benzene rings is 1. The molecule has 0 fully saturated rings. The first-order valence-corrected chi connectivity index (χ1v) is 7.95. The number of rotatable bonds is 2. The number of hydrogen-bond acceptors (Lipinski definition) is 3. The van der Waals surface area contributed by atoms with Gasteiger partial charge in [-0.05, 0) is 57.7 Å². The number of fused-ring (bicyclic) bond motifs is 1. The average Bonchev–Trinajstić information content (AvgIpc) is 2.44. The van der Waals surface area contributed by atoms with Crippen LogP contribution in [0.4, 0.5) is 4.79 Å². The van der Waals surface area contributed by atoms with Gasteiger partial charge in [-0.3, -0.25) is 4.79 Å². The number of carbonyl (C=O) groups is 2. The van der Waals surface area contributed by atoms with Crippen LogP contribution in [0, 0.1) is 0 Å². The predicted molar refractivity (Wildman–Crippen MR) is 87.6 cm³/mol. The molecule has 1 heterocycles. The Kier molecular flexibility index (Phi) is 4.68. The molecule has 1 aliphatic rings. The molecule has 5 heteroatoms. The standard InChI is InChI=1S/C18H25NO4/c1-11(16(20)21)13-6-7-15-12(2)19(9-8-14(15)10-13)17(22)23-18(3,4)5/h6-7,10-12H,8-9H2,1-5H3,(H,20,21). The SMILES string of the molecule is CC(C(=O)O)c1ccc2c(c1)CCN(C(=O)OC(C)(C)C)C2C. The molecule has 1 aliphatic heterocycles. The lowest BCUT2D eigenvalue weighted by Gasteiger charge is -2.36. The summed E-state index contributed by atoms with van der Waals surface area (Å²) in [6.07, 6.45) is 0.401. The third-order valence-electron chi connectivity index (χ3n) is 4.21. The Morgan fingerprint density at radius 2 is 2.00 bits per heavy atom. The normalized spacial score (nSPS) is 19.0. The first kappa shape index (κ1) is 17.3. The third kappa shape index (κ3) is 3.84. The van der Waals surface area contributed by atoms with Crippen molar-refractivity contribution in [2.45, 2.75) is 58.6 Å². The van der Waals surface area contributed by atoms with Gasteiger partial charge >= 0.3 is 12.1 Å². The van der Waals surface area contributed by atoms with E-state index >= 15 is 0 Å². The Hall–Kier alpha value is -2.04. The molecule has 1 amide bonds. The Morgan fingerprint density at radius 1 is 1.35 bits per heavy atom. The first-order valence-electron chi connectivity index (χ1n) is 7.95. The lowest BCUT2D eigenvalue weighted by Crippen LogP contribution is -2.42. The summed E-state index contributed by atoms with van der Waals surface area (Å²) < 4.78 is 5.47. The van der Waals surface area contributed by atoms with Crippen LogP contribution < -0.4 is 0 Å². The van der Waals surface area contributed by atoms with E-state index in [0.717, 1.165) is 16.7 Å². The summed E-state index contributed by atoms with van der Waals surface area (Å²) in [6, 6.07) is 5.65. The zero-order valence-electron chi connectivity index (χ0n) is 14.4. The maximum absolute atomic E-state index is 12.3. The van der Waals surface area contributed by atoms with Crippen molar-refractivity contribution in [2.75, 3.05) is 6.54 Å². The van der Waals surface area contributed by atoms with E-state index in [2.05, 4.69) is 0 Å². The Labute approximate surface area is 137 Å². The summed E-state index contributed by atoms with van der Waals surface area (Å²) in [7, 11) is 0. The lowest BCUT2D eigenvalue weighted by molar-refractivity contribution is -0.138. The van der Waals surface area contributed by atoms with Gasteiger partial charge in [0.05, 0.1) is 12.0 Å². The van der Waals surface area contributed by atoms with Gasteiger partial charge in [-0.25, -0.2) is 4.79 Å². The molecule has 5 nitrogen and oxygen atoms in total. The first-order chi connectivity index (χ1) is 10.6. The molecule has 23 heavy (non-hydrogen) atoms. The molecule has 126 valence electrons. The van der Waals surface area contributed by atoms with Gasteiger partial charge in [0.1, 0.15) is 5.60 Å². The Balaban J connectivity index is 2.22. The highest BCUT2D eigenvalue weighted by atomic mass is 16.6. The molecule has 2 rings (SSSR count). The van der Waals surface area contributed by atoms with Crippen molar-refractivity contribution in [1.29, 1.82) is 0 Å². The molecular formula is C18H25NO4. The summed E-state index contributed by atoms with van der Waals surface area (Å²) in [5.41, 5.74) is 2.46. The van der Waals surface area contributed by atoms with Crippen LogP contribution in [0.3, 0.4) is 0 Å². The maximum Gasteiger partial charge on any atom is 0.410 e. The molecule has 1 aromatic carbocycles. The second kappa shape index (κ2) is 6.22. The van der Waals surface area contributed by atoms with E-state index in [4.69, 9.17) is 9.84 Å². The van der Waals surface area contributed by atoms with E-state index in [9.17, 15) is 9.59 Å². The number of carbonyl (C=O) groups excluding carboxylic acids is 1. The number of carboxylic acids is 1. The smallest absolute Gasteiger partial charge is 0.410 e. The van der Waals surface area contributed by atoms with Crippen LogP contribution in [-0.4, -0.2) is 34.2 Å². The minimum atomic E-state index is -0.829. The lowest BCUT2D eigenvalue weighted by atomic mass is 9.89. The highest BCUT2D eigenvalue weighted by Crippen LogP contribution is 2.32. The number of nitrogens with zero attached hydrogens (tertiary/aromatic N) is 1. The van der Waals surface area contributed by atoms with E-state index in [0.29, 0.717) is 13.0 Å². The van der Waals surface area contributed by atoms with Crippen molar-refractivity contribution in [2.24, 2.45) is 0 Å².